The van der Waals surface area contributed by atoms with E-state index in [9.17, 15) is 14.7 Å². The summed E-state index contributed by atoms with van der Waals surface area (Å²) in [4.78, 5) is 30.9. The van der Waals surface area contributed by atoms with Gasteiger partial charge in [0.1, 0.15) is 0 Å². The predicted octanol–water partition coefficient (Wildman–Crippen LogP) is 1.73. The number of carbonyl (C=O) groups excluding carboxylic acids is 2. The number of hydrogen-bond donors (Lipinski definition) is 2. The van der Waals surface area contributed by atoms with Crippen LogP contribution in [0.15, 0.2) is 24.5 Å². The highest BCUT2D eigenvalue weighted by atomic mass is 16.3. The van der Waals surface area contributed by atoms with Crippen LogP contribution in [0, 0.1) is 29.6 Å². The molecule has 0 radical (unpaired) electrons. The van der Waals surface area contributed by atoms with Crippen molar-refractivity contribution in [1.82, 2.24) is 15.2 Å². The third-order valence-corrected chi connectivity index (χ3v) is 7.78. The van der Waals surface area contributed by atoms with Gasteiger partial charge in [-0.05, 0) is 67.4 Å². The summed E-state index contributed by atoms with van der Waals surface area (Å²) in [7, 11) is 0. The monoisotopic (exact) mass is 383 g/mol. The maximum atomic E-state index is 12.8. The van der Waals surface area contributed by atoms with E-state index >= 15 is 0 Å². The standard InChI is InChI=1S/C22H29N3O3/c26-20-9-17(12-25(20)11-14-2-1-3-23-10-14)21(27)24-13-22(28)18-5-15-4-16(7-18)8-19(22)6-15/h1-3,10,15-19,28H,4-9,11-13H2,(H,24,27)/t15?,16?,17-,18?,19?,22?/m1/s1. The molecule has 4 bridgehead atoms. The molecule has 1 saturated heterocycles. The molecule has 4 aliphatic carbocycles. The number of aliphatic hydroxyl groups is 1. The fourth-order valence-electron chi connectivity index (χ4n) is 6.47. The van der Waals surface area contributed by atoms with E-state index in [-0.39, 0.29) is 24.2 Å². The van der Waals surface area contributed by atoms with Crippen molar-refractivity contribution in [2.45, 2.75) is 50.7 Å². The van der Waals surface area contributed by atoms with Crippen LogP contribution in [0.2, 0.25) is 0 Å². The van der Waals surface area contributed by atoms with Gasteiger partial charge in [0.05, 0.1) is 11.5 Å². The second kappa shape index (κ2) is 6.83. The van der Waals surface area contributed by atoms with Gasteiger partial charge in [-0.25, -0.2) is 0 Å². The van der Waals surface area contributed by atoms with Crippen LogP contribution in [0.25, 0.3) is 0 Å². The zero-order valence-corrected chi connectivity index (χ0v) is 16.2. The molecule has 2 amide bonds. The van der Waals surface area contributed by atoms with Crippen molar-refractivity contribution in [3.05, 3.63) is 30.1 Å². The van der Waals surface area contributed by atoms with Crippen LogP contribution in [0.1, 0.15) is 44.1 Å². The largest absolute Gasteiger partial charge is 0.387 e. The maximum absolute atomic E-state index is 12.8. The van der Waals surface area contributed by atoms with E-state index in [1.54, 1.807) is 17.3 Å². The van der Waals surface area contributed by atoms with Crippen LogP contribution in [-0.2, 0) is 16.1 Å². The Labute approximate surface area is 165 Å². The van der Waals surface area contributed by atoms with Crippen LogP contribution >= 0.6 is 0 Å². The zero-order valence-electron chi connectivity index (χ0n) is 16.2. The fraction of sp³-hybridized carbons (Fsp3) is 0.682. The van der Waals surface area contributed by atoms with Crippen LogP contribution in [-0.4, -0.2) is 45.5 Å². The maximum Gasteiger partial charge on any atom is 0.225 e. The molecule has 6 heteroatoms. The highest BCUT2D eigenvalue weighted by Gasteiger charge is 2.56. The SMILES string of the molecule is O=C(NCC1(O)C2CC3CC(C2)CC1C3)[C@@H]1CC(=O)N(Cc2cccnc2)C1. The molecule has 2 N–H and O–H groups in total. The Morgan fingerprint density at radius 3 is 2.57 bits per heavy atom. The van der Waals surface area contributed by atoms with Crippen molar-refractivity contribution in [2.24, 2.45) is 29.6 Å². The highest BCUT2D eigenvalue weighted by Crippen LogP contribution is 2.58. The second-order valence-electron chi connectivity index (χ2n) is 9.55. The molecule has 0 aromatic carbocycles. The third-order valence-electron chi connectivity index (χ3n) is 7.78. The third kappa shape index (κ3) is 3.11. The quantitative estimate of drug-likeness (QED) is 0.811. The molecule has 0 unspecified atom stereocenters. The minimum Gasteiger partial charge on any atom is -0.387 e. The molecule has 28 heavy (non-hydrogen) atoms. The summed E-state index contributed by atoms with van der Waals surface area (Å²) in [6.45, 7) is 1.27. The molecule has 150 valence electrons. The lowest BCUT2D eigenvalue weighted by atomic mass is 9.50. The van der Waals surface area contributed by atoms with E-state index in [0.29, 0.717) is 31.5 Å². The van der Waals surface area contributed by atoms with Crippen molar-refractivity contribution >= 4 is 11.8 Å². The lowest BCUT2D eigenvalue weighted by molar-refractivity contribution is -0.171. The molecule has 5 aliphatic rings. The van der Waals surface area contributed by atoms with Crippen LogP contribution in [0.5, 0.6) is 0 Å². The average Bonchev–Trinajstić information content (AvgIpc) is 3.05. The van der Waals surface area contributed by atoms with Gasteiger partial charge < -0.3 is 15.3 Å². The zero-order chi connectivity index (χ0) is 19.3. The first-order valence-electron chi connectivity index (χ1n) is 10.7. The number of nitrogens with zero attached hydrogens (tertiary/aromatic N) is 2. The number of rotatable bonds is 5. The summed E-state index contributed by atoms with van der Waals surface area (Å²) in [5.74, 6) is 1.82. The van der Waals surface area contributed by atoms with Crippen molar-refractivity contribution < 1.29 is 14.7 Å². The van der Waals surface area contributed by atoms with E-state index in [1.165, 1.54) is 6.42 Å². The van der Waals surface area contributed by atoms with E-state index in [0.717, 1.165) is 43.1 Å². The van der Waals surface area contributed by atoms with Crippen molar-refractivity contribution in [1.29, 1.82) is 0 Å². The Kier molecular flexibility index (Phi) is 4.42. The highest BCUT2D eigenvalue weighted by molar-refractivity contribution is 5.89. The van der Waals surface area contributed by atoms with Gasteiger partial charge in [-0.1, -0.05) is 6.07 Å². The number of nitrogens with one attached hydrogen (secondary N) is 1. The molecule has 4 saturated carbocycles. The number of hydrogen-bond acceptors (Lipinski definition) is 4. The molecule has 1 aromatic heterocycles. The van der Waals surface area contributed by atoms with Gasteiger partial charge >= 0.3 is 0 Å². The topological polar surface area (TPSA) is 82.5 Å². The first-order valence-corrected chi connectivity index (χ1v) is 10.7. The number of pyridine rings is 1. The van der Waals surface area contributed by atoms with Crippen molar-refractivity contribution in [2.75, 3.05) is 13.1 Å². The molecule has 2 heterocycles. The minimum absolute atomic E-state index is 0.0114. The summed E-state index contributed by atoms with van der Waals surface area (Å²) in [5.41, 5.74) is 0.223. The molecule has 1 aromatic rings. The molecule has 5 fully saturated rings. The van der Waals surface area contributed by atoms with Crippen LogP contribution in [0.3, 0.4) is 0 Å². The van der Waals surface area contributed by atoms with E-state index < -0.39 is 5.60 Å². The molecule has 1 aliphatic heterocycles. The van der Waals surface area contributed by atoms with Gasteiger partial charge in [0.25, 0.3) is 0 Å². The molecule has 1 atom stereocenters. The van der Waals surface area contributed by atoms with Gasteiger partial charge in [0, 0.05) is 38.4 Å². The summed E-state index contributed by atoms with van der Waals surface area (Å²) >= 11 is 0. The lowest BCUT2D eigenvalue weighted by Crippen LogP contribution is -2.62. The van der Waals surface area contributed by atoms with Gasteiger partial charge in [-0.2, -0.15) is 0 Å². The molecular formula is C22H29N3O3. The van der Waals surface area contributed by atoms with E-state index in [2.05, 4.69) is 10.3 Å². The van der Waals surface area contributed by atoms with Gasteiger partial charge in [-0.3, -0.25) is 14.6 Å². The van der Waals surface area contributed by atoms with E-state index in [1.807, 2.05) is 12.1 Å². The van der Waals surface area contributed by atoms with E-state index in [4.69, 9.17) is 0 Å². The van der Waals surface area contributed by atoms with Gasteiger partial charge in [0.15, 0.2) is 0 Å². The average molecular weight is 383 g/mol. The molecule has 6 nitrogen and oxygen atoms in total. The molecular weight excluding hydrogens is 354 g/mol. The van der Waals surface area contributed by atoms with Crippen LogP contribution < -0.4 is 5.32 Å². The summed E-state index contributed by atoms with van der Waals surface area (Å²) in [6, 6.07) is 3.79. The Balaban J connectivity index is 1.18. The Morgan fingerprint density at radius 2 is 1.93 bits per heavy atom. The summed E-state index contributed by atoms with van der Waals surface area (Å²) in [5, 5.41) is 14.4. The first kappa shape index (κ1) is 18.1. The Hall–Kier alpha value is -1.95. The van der Waals surface area contributed by atoms with Crippen LogP contribution in [0.4, 0.5) is 0 Å². The first-order chi connectivity index (χ1) is 13.5. The predicted molar refractivity (Wildman–Crippen MR) is 103 cm³/mol. The van der Waals surface area contributed by atoms with Crippen molar-refractivity contribution in [3.8, 4) is 0 Å². The number of likely N-dealkylation sites (tertiary alicyclic amines) is 1. The Morgan fingerprint density at radius 1 is 1.21 bits per heavy atom. The van der Waals surface area contributed by atoms with Gasteiger partial charge in [-0.15, -0.1) is 0 Å². The number of carbonyl (C=O) groups is 2. The van der Waals surface area contributed by atoms with Gasteiger partial charge in [0.2, 0.25) is 11.8 Å². The normalized spacial score (nSPS) is 38.8. The number of aromatic nitrogens is 1. The summed E-state index contributed by atoms with van der Waals surface area (Å²) < 4.78 is 0. The Bertz CT molecular complexity index is 738. The number of amides is 2. The van der Waals surface area contributed by atoms with Crippen molar-refractivity contribution in [3.63, 3.8) is 0 Å². The fourth-order valence-corrected chi connectivity index (χ4v) is 6.47. The minimum atomic E-state index is -0.749. The molecule has 6 rings (SSSR count). The lowest BCUT2D eigenvalue weighted by Gasteiger charge is -2.59. The summed E-state index contributed by atoms with van der Waals surface area (Å²) in [6.07, 6.45) is 9.50. The second-order valence-corrected chi connectivity index (χ2v) is 9.55. The molecule has 0 spiro atoms. The smallest absolute Gasteiger partial charge is 0.225 e.